The van der Waals surface area contributed by atoms with E-state index in [4.69, 9.17) is 9.47 Å². The van der Waals surface area contributed by atoms with Crippen molar-refractivity contribution in [2.75, 3.05) is 13.2 Å². The summed E-state index contributed by atoms with van der Waals surface area (Å²) in [5.41, 5.74) is 3.35. The summed E-state index contributed by atoms with van der Waals surface area (Å²) in [6, 6.07) is 13.0. The molecule has 0 saturated heterocycles. The monoisotopic (exact) mass is 308 g/mol. The number of hydrogen-bond acceptors (Lipinski definition) is 4. The van der Waals surface area contributed by atoms with Crippen molar-refractivity contribution < 1.29 is 14.6 Å². The van der Waals surface area contributed by atoms with Crippen LogP contribution in [0.1, 0.15) is 0 Å². The lowest BCUT2D eigenvalue weighted by Gasteiger charge is -2.18. The van der Waals surface area contributed by atoms with Crippen LogP contribution in [0.3, 0.4) is 0 Å². The predicted molar refractivity (Wildman–Crippen MR) is 86.7 cm³/mol. The molecule has 0 unspecified atom stereocenters. The lowest BCUT2D eigenvalue weighted by atomic mass is 10.0. The summed E-state index contributed by atoms with van der Waals surface area (Å²) in [6.07, 6.45) is 1.94. The van der Waals surface area contributed by atoms with Crippen molar-refractivity contribution in [1.29, 1.82) is 0 Å². The van der Waals surface area contributed by atoms with Crippen molar-refractivity contribution in [1.82, 2.24) is 9.78 Å². The van der Waals surface area contributed by atoms with E-state index in [0.29, 0.717) is 18.8 Å². The highest BCUT2D eigenvalue weighted by molar-refractivity contribution is 5.83. The van der Waals surface area contributed by atoms with Gasteiger partial charge in [-0.05, 0) is 29.8 Å². The van der Waals surface area contributed by atoms with Crippen molar-refractivity contribution in [3.8, 4) is 39.6 Å². The van der Waals surface area contributed by atoms with E-state index < -0.39 is 0 Å². The van der Waals surface area contributed by atoms with E-state index in [1.807, 2.05) is 43.6 Å². The molecule has 0 bridgehead atoms. The Morgan fingerprint density at radius 1 is 1.00 bits per heavy atom. The Balaban J connectivity index is 1.86. The smallest absolute Gasteiger partial charge is 0.161 e. The molecule has 3 aromatic rings. The van der Waals surface area contributed by atoms with Gasteiger partial charge in [0.05, 0.1) is 0 Å². The maximum atomic E-state index is 10.1. The summed E-state index contributed by atoms with van der Waals surface area (Å²) in [6.45, 7) is 1.12. The first-order chi connectivity index (χ1) is 11.2. The van der Waals surface area contributed by atoms with Crippen LogP contribution in [-0.4, -0.2) is 28.1 Å². The molecule has 23 heavy (non-hydrogen) atoms. The van der Waals surface area contributed by atoms with Gasteiger partial charge in [-0.3, -0.25) is 4.68 Å². The number of fused-ring (bicyclic) bond motifs is 1. The minimum absolute atomic E-state index is 0.213. The number of para-hydroxylation sites is 1. The van der Waals surface area contributed by atoms with E-state index in [1.54, 1.807) is 16.8 Å². The molecule has 1 aliphatic heterocycles. The van der Waals surface area contributed by atoms with Crippen LogP contribution in [0.25, 0.3) is 22.4 Å². The van der Waals surface area contributed by atoms with Gasteiger partial charge in [-0.15, -0.1) is 0 Å². The van der Waals surface area contributed by atoms with Gasteiger partial charge in [0.2, 0.25) is 0 Å². The molecule has 4 rings (SSSR count). The molecule has 2 heterocycles. The van der Waals surface area contributed by atoms with Crippen molar-refractivity contribution in [2.45, 2.75) is 0 Å². The minimum atomic E-state index is 0.213. The first-order valence-corrected chi connectivity index (χ1v) is 7.44. The third-order valence-corrected chi connectivity index (χ3v) is 3.84. The average molecular weight is 308 g/mol. The van der Waals surface area contributed by atoms with Gasteiger partial charge in [0.25, 0.3) is 0 Å². The molecular formula is C18H16N2O3. The van der Waals surface area contributed by atoms with E-state index >= 15 is 0 Å². The fourth-order valence-corrected chi connectivity index (χ4v) is 2.78. The average Bonchev–Trinajstić information content (AvgIpc) is 2.96. The summed E-state index contributed by atoms with van der Waals surface area (Å²) < 4.78 is 13.0. The third-order valence-electron chi connectivity index (χ3n) is 3.84. The number of benzene rings is 2. The first kappa shape index (κ1) is 13.7. The second-order valence-electron chi connectivity index (χ2n) is 5.44. The summed E-state index contributed by atoms with van der Waals surface area (Å²) in [5.74, 6) is 1.71. The number of aryl methyl sites for hydroxylation is 1. The van der Waals surface area contributed by atoms with Crippen LogP contribution in [0.4, 0.5) is 0 Å². The normalized spacial score (nSPS) is 13.1. The molecule has 0 radical (unpaired) electrons. The zero-order valence-corrected chi connectivity index (χ0v) is 12.7. The fraction of sp³-hybridized carbons (Fsp3) is 0.167. The Morgan fingerprint density at radius 2 is 1.78 bits per heavy atom. The molecular weight excluding hydrogens is 292 g/mol. The van der Waals surface area contributed by atoms with E-state index in [1.165, 1.54) is 0 Å². The van der Waals surface area contributed by atoms with Crippen LogP contribution in [0.15, 0.2) is 48.7 Å². The topological polar surface area (TPSA) is 56.5 Å². The Bertz CT molecular complexity index is 870. The van der Waals surface area contributed by atoms with Crippen LogP contribution in [0.5, 0.6) is 17.2 Å². The summed E-state index contributed by atoms with van der Waals surface area (Å²) in [4.78, 5) is 0. The van der Waals surface area contributed by atoms with Gasteiger partial charge in [0.15, 0.2) is 11.5 Å². The van der Waals surface area contributed by atoms with E-state index in [-0.39, 0.29) is 5.75 Å². The Morgan fingerprint density at radius 3 is 2.61 bits per heavy atom. The van der Waals surface area contributed by atoms with Crippen LogP contribution < -0.4 is 9.47 Å². The van der Waals surface area contributed by atoms with Gasteiger partial charge in [-0.25, -0.2) is 0 Å². The van der Waals surface area contributed by atoms with Gasteiger partial charge >= 0.3 is 0 Å². The molecule has 0 spiro atoms. The molecule has 0 amide bonds. The van der Waals surface area contributed by atoms with Crippen LogP contribution >= 0.6 is 0 Å². The number of aromatic nitrogens is 2. The van der Waals surface area contributed by atoms with E-state index in [9.17, 15) is 5.11 Å². The SMILES string of the molecule is Cn1cc(-c2ccc3c(c2)OCCO3)c(-c2ccccc2O)n1. The fourth-order valence-electron chi connectivity index (χ4n) is 2.78. The predicted octanol–water partition coefficient (Wildman–Crippen LogP) is 3.23. The van der Waals surface area contributed by atoms with E-state index in [0.717, 1.165) is 28.3 Å². The van der Waals surface area contributed by atoms with Gasteiger partial charge in [-0.1, -0.05) is 18.2 Å². The Labute approximate surface area is 133 Å². The quantitative estimate of drug-likeness (QED) is 0.789. The van der Waals surface area contributed by atoms with Crippen molar-refractivity contribution in [2.24, 2.45) is 7.05 Å². The molecule has 0 fully saturated rings. The summed E-state index contributed by atoms with van der Waals surface area (Å²) in [7, 11) is 1.87. The maximum absolute atomic E-state index is 10.1. The summed E-state index contributed by atoms with van der Waals surface area (Å²) in [5, 5.41) is 14.7. The second-order valence-corrected chi connectivity index (χ2v) is 5.44. The molecule has 1 aliphatic rings. The van der Waals surface area contributed by atoms with Gasteiger partial charge in [-0.2, -0.15) is 5.10 Å². The van der Waals surface area contributed by atoms with Crippen molar-refractivity contribution >= 4 is 0 Å². The molecule has 5 heteroatoms. The van der Waals surface area contributed by atoms with Crippen LogP contribution in [0, 0.1) is 0 Å². The van der Waals surface area contributed by atoms with Crippen LogP contribution in [-0.2, 0) is 7.05 Å². The molecule has 0 aliphatic carbocycles. The molecule has 0 saturated carbocycles. The molecule has 0 atom stereocenters. The maximum Gasteiger partial charge on any atom is 0.161 e. The Hall–Kier alpha value is -2.95. The number of hydrogen-bond donors (Lipinski definition) is 1. The Kier molecular flexibility index (Phi) is 3.19. The zero-order chi connectivity index (χ0) is 15.8. The standard InChI is InChI=1S/C18H16N2O3/c1-20-11-14(18(19-20)13-4-2-3-5-15(13)21)12-6-7-16-17(10-12)23-9-8-22-16/h2-7,10-11,21H,8-9H2,1H3. The summed E-state index contributed by atoms with van der Waals surface area (Å²) >= 11 is 0. The first-order valence-electron chi connectivity index (χ1n) is 7.44. The number of phenolic OH excluding ortho intramolecular Hbond substituents is 1. The number of nitrogens with zero attached hydrogens (tertiary/aromatic N) is 2. The third kappa shape index (κ3) is 2.40. The van der Waals surface area contributed by atoms with E-state index in [2.05, 4.69) is 5.10 Å². The minimum Gasteiger partial charge on any atom is -0.507 e. The number of ether oxygens (including phenoxy) is 2. The lowest BCUT2D eigenvalue weighted by molar-refractivity contribution is 0.171. The highest BCUT2D eigenvalue weighted by atomic mass is 16.6. The van der Waals surface area contributed by atoms with Crippen molar-refractivity contribution in [3.05, 3.63) is 48.7 Å². The number of aromatic hydroxyl groups is 1. The molecule has 2 aromatic carbocycles. The molecule has 1 N–H and O–H groups in total. The van der Waals surface area contributed by atoms with Crippen molar-refractivity contribution in [3.63, 3.8) is 0 Å². The molecule has 116 valence electrons. The molecule has 1 aromatic heterocycles. The highest BCUT2D eigenvalue weighted by Gasteiger charge is 2.18. The van der Waals surface area contributed by atoms with Gasteiger partial charge in [0, 0.05) is 24.4 Å². The second kappa shape index (κ2) is 5.35. The van der Waals surface area contributed by atoms with Gasteiger partial charge < -0.3 is 14.6 Å². The number of rotatable bonds is 2. The van der Waals surface area contributed by atoms with Crippen LogP contribution in [0.2, 0.25) is 0 Å². The lowest BCUT2D eigenvalue weighted by Crippen LogP contribution is -2.15. The number of phenols is 1. The largest absolute Gasteiger partial charge is 0.507 e. The zero-order valence-electron chi connectivity index (χ0n) is 12.7. The van der Waals surface area contributed by atoms with Gasteiger partial charge in [0.1, 0.15) is 24.7 Å². The highest BCUT2D eigenvalue weighted by Crippen LogP contribution is 2.39. The molecule has 5 nitrogen and oxygen atoms in total.